The van der Waals surface area contributed by atoms with Crippen molar-refractivity contribution in [3.63, 3.8) is 0 Å². The Morgan fingerprint density at radius 1 is 1.08 bits per heavy atom. The third-order valence-corrected chi connectivity index (χ3v) is 4.29. The van der Waals surface area contributed by atoms with Crippen LogP contribution in [0.25, 0.3) is 0 Å². The molecule has 2 N–H and O–H groups in total. The number of hydrogen-bond acceptors (Lipinski definition) is 3. The highest BCUT2D eigenvalue weighted by Crippen LogP contribution is 2.17. The first-order valence-electron chi connectivity index (χ1n) is 7.84. The molecule has 0 heterocycles. The van der Waals surface area contributed by atoms with E-state index in [1.54, 1.807) is 24.3 Å². The molecule has 0 unspecified atom stereocenters. The van der Waals surface area contributed by atoms with Crippen LogP contribution in [0.2, 0.25) is 0 Å². The van der Waals surface area contributed by atoms with Gasteiger partial charge >= 0.3 is 0 Å². The van der Waals surface area contributed by atoms with E-state index in [2.05, 4.69) is 26.6 Å². The quantitative estimate of drug-likeness (QED) is 0.746. The molecule has 2 aromatic carbocycles. The molecule has 0 radical (unpaired) electrons. The number of rotatable bonds is 7. The smallest absolute Gasteiger partial charge is 0.238 e. The van der Waals surface area contributed by atoms with Crippen LogP contribution in [0.5, 0.6) is 0 Å². The van der Waals surface area contributed by atoms with E-state index < -0.39 is 0 Å². The molecule has 6 heteroatoms. The van der Waals surface area contributed by atoms with Gasteiger partial charge in [-0.05, 0) is 35.7 Å². The fourth-order valence-electron chi connectivity index (χ4n) is 2.27. The van der Waals surface area contributed by atoms with Crippen molar-refractivity contribution in [2.45, 2.75) is 25.8 Å². The van der Waals surface area contributed by atoms with Crippen molar-refractivity contribution in [1.82, 2.24) is 5.32 Å². The molecule has 5 nitrogen and oxygen atoms in total. The summed E-state index contributed by atoms with van der Waals surface area (Å²) in [6.07, 6.45) is 0.884. The number of halogens is 1. The molecule has 0 spiro atoms. The predicted octanol–water partition coefficient (Wildman–Crippen LogP) is 3.55. The molecule has 0 fully saturated rings. The molecule has 2 amide bonds. The zero-order chi connectivity index (χ0) is 18.1. The zero-order valence-electron chi connectivity index (χ0n) is 13.6. The van der Waals surface area contributed by atoms with E-state index in [9.17, 15) is 9.59 Å². The van der Waals surface area contributed by atoms with Gasteiger partial charge in [-0.2, -0.15) is 5.26 Å². The second-order valence-corrected chi connectivity index (χ2v) is 6.31. The summed E-state index contributed by atoms with van der Waals surface area (Å²) >= 11 is 3.47. The van der Waals surface area contributed by atoms with Crippen LogP contribution in [0.3, 0.4) is 0 Å². The largest absolute Gasteiger partial charge is 0.352 e. The Labute approximate surface area is 155 Å². The lowest BCUT2D eigenvalue weighted by Gasteiger charge is -2.08. The van der Waals surface area contributed by atoms with Crippen LogP contribution in [-0.4, -0.2) is 11.8 Å². The summed E-state index contributed by atoms with van der Waals surface area (Å²) < 4.78 is 1.00. The third kappa shape index (κ3) is 6.40. The average molecular weight is 400 g/mol. The number of carbonyl (C=O) groups excluding carboxylic acids is 2. The molecule has 2 rings (SSSR count). The lowest BCUT2D eigenvalue weighted by Crippen LogP contribution is -2.23. The fourth-order valence-corrected chi connectivity index (χ4v) is 2.76. The Morgan fingerprint density at radius 2 is 1.88 bits per heavy atom. The summed E-state index contributed by atoms with van der Waals surface area (Å²) in [6.45, 7) is 0.386. The highest BCUT2D eigenvalue weighted by atomic mass is 79.9. The number of nitrogens with one attached hydrogen (secondary N) is 2. The van der Waals surface area contributed by atoms with Crippen molar-refractivity contribution in [3.05, 3.63) is 64.1 Å². The molecule has 2 aromatic rings. The second-order valence-electron chi connectivity index (χ2n) is 5.45. The zero-order valence-corrected chi connectivity index (χ0v) is 15.2. The third-order valence-electron chi connectivity index (χ3n) is 3.52. The van der Waals surface area contributed by atoms with Gasteiger partial charge in [-0.25, -0.2) is 0 Å². The highest BCUT2D eigenvalue weighted by Gasteiger charge is 2.06. The van der Waals surface area contributed by atoms with Crippen molar-refractivity contribution in [3.8, 4) is 6.07 Å². The molecule has 0 saturated carbocycles. The number of nitrogens with zero attached hydrogens (tertiary/aromatic N) is 1. The van der Waals surface area contributed by atoms with E-state index in [1.807, 2.05) is 30.3 Å². The maximum atomic E-state index is 12.0. The highest BCUT2D eigenvalue weighted by molar-refractivity contribution is 9.10. The van der Waals surface area contributed by atoms with Gasteiger partial charge in [-0.3, -0.25) is 9.59 Å². The lowest BCUT2D eigenvalue weighted by atomic mass is 10.1. The van der Waals surface area contributed by atoms with E-state index in [0.717, 1.165) is 15.6 Å². The van der Waals surface area contributed by atoms with Gasteiger partial charge in [0.25, 0.3) is 0 Å². The lowest BCUT2D eigenvalue weighted by molar-refractivity contribution is -0.121. The summed E-state index contributed by atoms with van der Waals surface area (Å²) in [5.41, 5.74) is 2.59. The Bertz CT molecular complexity index is 799. The molecule has 0 bridgehead atoms. The molecule has 128 valence electrons. The number of nitriles is 1. The predicted molar refractivity (Wildman–Crippen MR) is 99.6 cm³/mol. The molecular weight excluding hydrogens is 382 g/mol. The van der Waals surface area contributed by atoms with Crippen molar-refractivity contribution in [2.75, 3.05) is 5.32 Å². The van der Waals surface area contributed by atoms with Crippen molar-refractivity contribution >= 4 is 33.4 Å². The first-order chi connectivity index (χ1) is 12.1. The minimum absolute atomic E-state index is 0.0327. The van der Waals surface area contributed by atoms with Gasteiger partial charge in [-0.15, -0.1) is 0 Å². The van der Waals surface area contributed by atoms with Crippen molar-refractivity contribution in [2.24, 2.45) is 0 Å². The molecule has 0 aliphatic carbocycles. The molecule has 0 aromatic heterocycles. The summed E-state index contributed by atoms with van der Waals surface area (Å²) in [6, 6.07) is 16.8. The van der Waals surface area contributed by atoms with Gasteiger partial charge in [-0.1, -0.05) is 46.3 Å². The first kappa shape index (κ1) is 18.7. The minimum Gasteiger partial charge on any atom is -0.352 e. The van der Waals surface area contributed by atoms with Crippen LogP contribution < -0.4 is 10.6 Å². The fraction of sp³-hybridized carbons (Fsp3) is 0.211. The topological polar surface area (TPSA) is 82.0 Å². The molecule has 0 atom stereocenters. The van der Waals surface area contributed by atoms with Crippen molar-refractivity contribution < 1.29 is 9.59 Å². The normalized spacial score (nSPS) is 9.92. The van der Waals surface area contributed by atoms with Crippen LogP contribution in [0, 0.1) is 11.3 Å². The van der Waals surface area contributed by atoms with Gasteiger partial charge in [0, 0.05) is 23.1 Å². The van der Waals surface area contributed by atoms with Crippen LogP contribution >= 0.6 is 15.9 Å². The summed E-state index contributed by atoms with van der Waals surface area (Å²) in [4.78, 5) is 23.4. The second kappa shape index (κ2) is 9.60. The summed E-state index contributed by atoms with van der Waals surface area (Å²) in [7, 11) is 0. The summed E-state index contributed by atoms with van der Waals surface area (Å²) in [5.74, 6) is -0.383. The van der Waals surface area contributed by atoms with Gasteiger partial charge in [0.2, 0.25) is 11.8 Å². The van der Waals surface area contributed by atoms with Gasteiger partial charge in [0.1, 0.15) is 6.42 Å². The number of aryl methyl sites for hydroxylation is 1. The van der Waals surface area contributed by atoms with Gasteiger partial charge in [0.05, 0.1) is 6.07 Å². The van der Waals surface area contributed by atoms with E-state index >= 15 is 0 Å². The number of hydrogen-bond donors (Lipinski definition) is 2. The van der Waals surface area contributed by atoms with E-state index in [1.165, 1.54) is 0 Å². The Hall–Kier alpha value is -2.65. The monoisotopic (exact) mass is 399 g/mol. The van der Waals surface area contributed by atoms with E-state index in [4.69, 9.17) is 5.26 Å². The van der Waals surface area contributed by atoms with Gasteiger partial charge in [0.15, 0.2) is 0 Å². The average Bonchev–Trinajstić information content (AvgIpc) is 2.60. The maximum absolute atomic E-state index is 12.0. The maximum Gasteiger partial charge on any atom is 0.238 e. The summed E-state index contributed by atoms with van der Waals surface area (Å²) in [5, 5.41) is 14.0. The standard InChI is InChI=1S/C19H18BrN3O2/c20-17-7-2-1-5-15(17)8-9-18(24)22-13-14-4-3-6-16(12-14)23-19(25)10-11-21/h1-7,12H,8-10,13H2,(H,22,24)(H,23,25). The van der Waals surface area contributed by atoms with Crippen LogP contribution in [-0.2, 0) is 22.6 Å². The Morgan fingerprint density at radius 3 is 2.64 bits per heavy atom. The molecule has 0 aliphatic heterocycles. The minimum atomic E-state index is -0.350. The number of amides is 2. The van der Waals surface area contributed by atoms with E-state index in [0.29, 0.717) is 25.1 Å². The van der Waals surface area contributed by atoms with Crippen LogP contribution in [0.1, 0.15) is 24.0 Å². The van der Waals surface area contributed by atoms with E-state index in [-0.39, 0.29) is 18.2 Å². The number of carbonyl (C=O) groups is 2. The molecule has 25 heavy (non-hydrogen) atoms. The number of anilines is 1. The first-order valence-corrected chi connectivity index (χ1v) is 8.63. The van der Waals surface area contributed by atoms with Crippen molar-refractivity contribution in [1.29, 1.82) is 5.26 Å². The molecule has 0 saturated heterocycles. The Balaban J connectivity index is 1.82. The van der Waals surface area contributed by atoms with Crippen LogP contribution in [0.15, 0.2) is 53.0 Å². The van der Waals surface area contributed by atoms with Gasteiger partial charge < -0.3 is 10.6 Å². The molecular formula is C19H18BrN3O2. The SMILES string of the molecule is N#CCC(=O)Nc1cccc(CNC(=O)CCc2ccccc2Br)c1. The number of benzene rings is 2. The molecule has 0 aliphatic rings. The Kier molecular flexibility index (Phi) is 7.17. The van der Waals surface area contributed by atoms with Crippen LogP contribution in [0.4, 0.5) is 5.69 Å².